The van der Waals surface area contributed by atoms with Crippen LogP contribution in [0.4, 0.5) is 0 Å². The number of rotatable bonds is 3. The first-order chi connectivity index (χ1) is 3.81. The summed E-state index contributed by atoms with van der Waals surface area (Å²) in [5.74, 6) is -0.0860. The Morgan fingerprint density at radius 3 is 2.75 bits per heavy atom. The minimum absolute atomic E-state index is 0.0860. The summed E-state index contributed by atoms with van der Waals surface area (Å²) in [5, 5.41) is 2.40. The average Bonchev–Trinajstić information content (AvgIpc) is 1.83. The lowest BCUT2D eigenvalue weighted by molar-refractivity contribution is -0.121. The summed E-state index contributed by atoms with van der Waals surface area (Å²) in [6.07, 6.45) is 1.36. The number of carbonyl (C=O) groups excluding carboxylic acids is 2. The van der Waals surface area contributed by atoms with Crippen LogP contribution in [-0.2, 0) is 9.59 Å². The van der Waals surface area contributed by atoms with Gasteiger partial charge in [0.15, 0.2) is 0 Å². The maximum Gasteiger partial charge on any atom is 0.217 e. The van der Waals surface area contributed by atoms with Crippen molar-refractivity contribution >= 4 is 20.2 Å². The van der Waals surface area contributed by atoms with Crippen molar-refractivity contribution in [3.05, 3.63) is 0 Å². The van der Waals surface area contributed by atoms with E-state index >= 15 is 0 Å². The molecule has 4 heteroatoms. The number of nitrogens with one attached hydrogen (secondary N) is 1. The molecule has 0 aromatic carbocycles. The van der Waals surface area contributed by atoms with Gasteiger partial charge in [0.05, 0.1) is 0 Å². The van der Waals surface area contributed by atoms with Gasteiger partial charge in [0.1, 0.15) is 6.29 Å². The number of aldehydes is 1. The van der Waals surface area contributed by atoms with Gasteiger partial charge in [-0.1, -0.05) is 0 Å². The molecule has 0 heterocycles. The zero-order chi connectivity index (χ0) is 6.41. The van der Waals surface area contributed by atoms with E-state index in [0.717, 1.165) is 6.29 Å². The molecule has 0 bridgehead atoms. The van der Waals surface area contributed by atoms with Gasteiger partial charge < -0.3 is 10.0 Å². The molecule has 44 valence electrons. The Kier molecular flexibility index (Phi) is 3.93. The molecule has 0 spiro atoms. The summed E-state index contributed by atoms with van der Waals surface area (Å²) < 4.78 is 0. The van der Waals surface area contributed by atoms with Crippen LogP contribution >= 0.6 is 0 Å². The van der Waals surface area contributed by atoms with Crippen molar-refractivity contribution < 1.29 is 9.59 Å². The first-order valence-corrected chi connectivity index (χ1v) is 2.45. The van der Waals surface area contributed by atoms with E-state index in [0.29, 0.717) is 12.8 Å². The van der Waals surface area contributed by atoms with Crippen LogP contribution in [0, 0.1) is 0 Å². The molecule has 1 N–H and O–H groups in total. The first kappa shape index (κ1) is 7.20. The summed E-state index contributed by atoms with van der Waals surface area (Å²) >= 11 is 0. The lowest BCUT2D eigenvalue weighted by Gasteiger charge is -1.91. The van der Waals surface area contributed by atoms with Gasteiger partial charge in [-0.2, -0.15) is 0 Å². The lowest BCUT2D eigenvalue weighted by atomic mass is 10.3. The monoisotopic (exact) mass is 113 g/mol. The normalized spacial score (nSPS) is 8.00. The van der Waals surface area contributed by atoms with Gasteiger partial charge in [0, 0.05) is 12.8 Å². The Labute approximate surface area is 48.9 Å². The molecule has 0 fully saturated rings. The van der Waals surface area contributed by atoms with Gasteiger partial charge in [-0.15, -0.1) is 0 Å². The third-order valence-corrected chi connectivity index (χ3v) is 0.768. The van der Waals surface area contributed by atoms with Crippen molar-refractivity contribution in [1.29, 1.82) is 0 Å². The SMILES string of the molecule is BNC(=O)CCC=O. The molecule has 8 heavy (non-hydrogen) atoms. The second-order valence-electron chi connectivity index (χ2n) is 1.38. The second-order valence-corrected chi connectivity index (χ2v) is 1.38. The first-order valence-electron chi connectivity index (χ1n) is 2.45. The number of hydrogen-bond acceptors (Lipinski definition) is 2. The van der Waals surface area contributed by atoms with Crippen molar-refractivity contribution in [3.8, 4) is 0 Å². The minimum Gasteiger partial charge on any atom is -0.406 e. The van der Waals surface area contributed by atoms with Crippen LogP contribution < -0.4 is 5.23 Å². The van der Waals surface area contributed by atoms with E-state index in [-0.39, 0.29) is 5.91 Å². The fourth-order valence-electron chi connectivity index (χ4n) is 0.315. The highest BCUT2D eigenvalue weighted by atomic mass is 16.1. The van der Waals surface area contributed by atoms with Gasteiger partial charge in [-0.25, -0.2) is 0 Å². The summed E-state index contributed by atoms with van der Waals surface area (Å²) in [5.41, 5.74) is 0. The minimum atomic E-state index is -0.0860. The van der Waals surface area contributed by atoms with E-state index in [2.05, 4.69) is 5.23 Å². The standard InChI is InChI=1S/C4H8BNO2/c5-6-4(8)2-1-3-7/h3H,1-2,5H2,(H,6,8). The smallest absolute Gasteiger partial charge is 0.217 e. The molecule has 0 atom stereocenters. The van der Waals surface area contributed by atoms with Gasteiger partial charge in [0.25, 0.3) is 0 Å². The maximum atomic E-state index is 10.3. The van der Waals surface area contributed by atoms with E-state index in [1.807, 2.05) is 0 Å². The fourth-order valence-corrected chi connectivity index (χ4v) is 0.315. The Hall–Kier alpha value is -0.795. The zero-order valence-electron chi connectivity index (χ0n) is 4.81. The lowest BCUT2D eigenvalue weighted by Crippen LogP contribution is -2.18. The highest BCUT2D eigenvalue weighted by molar-refractivity contribution is 6.14. The van der Waals surface area contributed by atoms with Crippen LogP contribution in [0.25, 0.3) is 0 Å². The predicted molar refractivity (Wildman–Crippen MR) is 32.0 cm³/mol. The Morgan fingerprint density at radius 2 is 2.38 bits per heavy atom. The molecule has 0 saturated carbocycles. The van der Waals surface area contributed by atoms with Crippen molar-refractivity contribution in [1.82, 2.24) is 5.23 Å². The van der Waals surface area contributed by atoms with E-state index in [9.17, 15) is 9.59 Å². The number of hydrogen-bond donors (Lipinski definition) is 1. The Balaban J connectivity index is 3.11. The number of carbonyl (C=O) groups is 2. The molecule has 1 amide bonds. The largest absolute Gasteiger partial charge is 0.406 e. The van der Waals surface area contributed by atoms with Gasteiger partial charge in [-0.05, 0) is 0 Å². The molecule has 0 radical (unpaired) electrons. The van der Waals surface area contributed by atoms with Crippen molar-refractivity contribution in [3.63, 3.8) is 0 Å². The van der Waals surface area contributed by atoms with Crippen LogP contribution in [0.2, 0.25) is 0 Å². The van der Waals surface area contributed by atoms with Crippen LogP contribution in [0.3, 0.4) is 0 Å². The molecule has 0 aliphatic heterocycles. The van der Waals surface area contributed by atoms with Crippen LogP contribution in [0.5, 0.6) is 0 Å². The van der Waals surface area contributed by atoms with Gasteiger partial charge in [-0.3, -0.25) is 4.79 Å². The van der Waals surface area contributed by atoms with E-state index in [1.165, 1.54) is 0 Å². The van der Waals surface area contributed by atoms with E-state index in [4.69, 9.17) is 0 Å². The van der Waals surface area contributed by atoms with Gasteiger partial charge >= 0.3 is 0 Å². The summed E-state index contributed by atoms with van der Waals surface area (Å²) in [7, 11) is 1.55. The molecule has 0 rings (SSSR count). The van der Waals surface area contributed by atoms with Crippen LogP contribution in [-0.4, -0.2) is 20.2 Å². The third kappa shape index (κ3) is 3.40. The van der Waals surface area contributed by atoms with Crippen LogP contribution in [0.1, 0.15) is 12.8 Å². The van der Waals surface area contributed by atoms with Crippen LogP contribution in [0.15, 0.2) is 0 Å². The molecular weight excluding hydrogens is 105 g/mol. The molecule has 0 aromatic rings. The topological polar surface area (TPSA) is 46.2 Å². The fraction of sp³-hybridized carbons (Fsp3) is 0.500. The van der Waals surface area contributed by atoms with E-state index < -0.39 is 0 Å². The molecule has 0 saturated heterocycles. The van der Waals surface area contributed by atoms with Crippen molar-refractivity contribution in [2.24, 2.45) is 0 Å². The molecule has 0 aromatic heterocycles. The highest BCUT2D eigenvalue weighted by Gasteiger charge is 1.92. The van der Waals surface area contributed by atoms with E-state index in [1.54, 1.807) is 7.98 Å². The molecular formula is C4H8BNO2. The highest BCUT2D eigenvalue weighted by Crippen LogP contribution is 1.80. The molecule has 0 aliphatic carbocycles. The summed E-state index contributed by atoms with van der Waals surface area (Å²) in [4.78, 5) is 19.9. The summed E-state index contributed by atoms with van der Waals surface area (Å²) in [6.45, 7) is 0. The quantitative estimate of drug-likeness (QED) is 0.362. The Morgan fingerprint density at radius 1 is 1.75 bits per heavy atom. The van der Waals surface area contributed by atoms with Crippen molar-refractivity contribution in [2.45, 2.75) is 12.8 Å². The molecule has 0 unspecified atom stereocenters. The Bertz CT molecular complexity index is 94.0. The maximum absolute atomic E-state index is 10.3. The molecule has 0 aliphatic rings. The second kappa shape index (κ2) is 4.37. The summed E-state index contributed by atoms with van der Waals surface area (Å²) in [6, 6.07) is 0. The molecule has 3 nitrogen and oxygen atoms in total. The van der Waals surface area contributed by atoms with Crippen molar-refractivity contribution in [2.75, 3.05) is 0 Å². The van der Waals surface area contributed by atoms with Gasteiger partial charge in [0.2, 0.25) is 13.9 Å². The zero-order valence-corrected chi connectivity index (χ0v) is 4.81. The number of amides is 1. The third-order valence-electron chi connectivity index (χ3n) is 0.768. The predicted octanol–water partition coefficient (Wildman–Crippen LogP) is -1.37. The average molecular weight is 113 g/mol.